The summed E-state index contributed by atoms with van der Waals surface area (Å²) in [4.78, 5) is 17.1. The number of thioether (sulfide) groups is 1. The van der Waals surface area contributed by atoms with Crippen LogP contribution in [0, 0.1) is 6.92 Å². The molecule has 4 rings (SSSR count). The predicted octanol–water partition coefficient (Wildman–Crippen LogP) is 3.06. The van der Waals surface area contributed by atoms with Crippen LogP contribution in [0.4, 0.5) is 0 Å². The number of aryl methyl sites for hydroxylation is 1. The van der Waals surface area contributed by atoms with Gasteiger partial charge in [-0.3, -0.25) is 4.79 Å². The zero-order valence-corrected chi connectivity index (χ0v) is 12.8. The first-order valence-corrected chi connectivity index (χ1v) is 8.00. The molecule has 1 aliphatic heterocycles. The normalized spacial score (nSPS) is 13.8. The lowest BCUT2D eigenvalue weighted by Gasteiger charge is -2.16. The van der Waals surface area contributed by atoms with Gasteiger partial charge in [-0.2, -0.15) is 9.78 Å². The van der Waals surface area contributed by atoms with Crippen molar-refractivity contribution in [1.82, 2.24) is 9.66 Å². The van der Waals surface area contributed by atoms with E-state index < -0.39 is 0 Å². The molecule has 0 fully saturated rings. The average molecular weight is 307 g/mol. The molecule has 4 nitrogen and oxygen atoms in total. The third-order valence-corrected chi connectivity index (χ3v) is 4.61. The fourth-order valence-electron chi connectivity index (χ4n) is 2.45. The minimum atomic E-state index is -0.114. The smallest absolute Gasteiger partial charge is 0.267 e. The zero-order valence-electron chi connectivity index (χ0n) is 12.0. The summed E-state index contributed by atoms with van der Waals surface area (Å²) in [6.07, 6.45) is 0. The molecule has 1 aromatic heterocycles. The molecule has 0 atom stereocenters. The fourth-order valence-corrected chi connectivity index (χ4v) is 3.35. The van der Waals surface area contributed by atoms with E-state index in [1.54, 1.807) is 17.8 Å². The van der Waals surface area contributed by atoms with Crippen LogP contribution in [0.5, 0.6) is 0 Å². The number of rotatable bonds is 1. The highest BCUT2D eigenvalue weighted by atomic mass is 32.2. The van der Waals surface area contributed by atoms with E-state index in [1.807, 2.05) is 30.3 Å². The van der Waals surface area contributed by atoms with E-state index in [-0.39, 0.29) is 5.56 Å². The van der Waals surface area contributed by atoms with Gasteiger partial charge in [-0.15, -0.1) is 0 Å². The van der Waals surface area contributed by atoms with Crippen molar-refractivity contribution in [2.75, 3.05) is 5.75 Å². The summed E-state index contributed by atoms with van der Waals surface area (Å²) in [7, 11) is 0. The van der Waals surface area contributed by atoms with E-state index in [0.29, 0.717) is 16.3 Å². The Morgan fingerprint density at radius 3 is 2.68 bits per heavy atom. The first-order valence-electron chi connectivity index (χ1n) is 7.02. The van der Waals surface area contributed by atoms with Crippen LogP contribution < -0.4 is 5.56 Å². The summed E-state index contributed by atoms with van der Waals surface area (Å²) < 4.78 is 1.42. The van der Waals surface area contributed by atoms with E-state index in [2.05, 4.69) is 29.1 Å². The maximum absolute atomic E-state index is 12.6. The van der Waals surface area contributed by atoms with E-state index in [4.69, 9.17) is 0 Å². The van der Waals surface area contributed by atoms with Gasteiger partial charge in [-0.05, 0) is 24.6 Å². The molecule has 1 aliphatic rings. The van der Waals surface area contributed by atoms with Crippen molar-refractivity contribution >= 4 is 28.4 Å². The molecule has 0 spiro atoms. The lowest BCUT2D eigenvalue weighted by atomic mass is 10.1. The summed E-state index contributed by atoms with van der Waals surface area (Å²) in [6, 6.07) is 15.6. The highest BCUT2D eigenvalue weighted by molar-refractivity contribution is 7.99. The maximum Gasteiger partial charge on any atom is 0.282 e. The summed E-state index contributed by atoms with van der Waals surface area (Å²) in [5, 5.41) is 5.78. The molecule has 0 bridgehead atoms. The molecule has 3 aromatic rings. The van der Waals surface area contributed by atoms with Gasteiger partial charge in [0.25, 0.3) is 5.56 Å². The monoisotopic (exact) mass is 307 g/mol. The van der Waals surface area contributed by atoms with Gasteiger partial charge in [0.2, 0.25) is 0 Å². The van der Waals surface area contributed by atoms with Gasteiger partial charge in [0.1, 0.15) is 0 Å². The molecule has 0 radical (unpaired) electrons. The molecular weight excluding hydrogens is 294 g/mol. The third-order valence-electron chi connectivity index (χ3n) is 3.67. The molecule has 108 valence electrons. The Labute approximate surface area is 131 Å². The Balaban J connectivity index is 1.90. The lowest BCUT2D eigenvalue weighted by molar-refractivity contribution is 0.699. The van der Waals surface area contributed by atoms with Crippen LogP contribution in [-0.2, 0) is 0 Å². The second kappa shape index (κ2) is 5.10. The zero-order chi connectivity index (χ0) is 15.1. The lowest BCUT2D eigenvalue weighted by Crippen LogP contribution is -2.25. The SMILES string of the molecule is Cc1ccc(C2=Nn3c(nc4ccccc4c3=O)SC2)cc1. The quantitative estimate of drug-likeness (QED) is 0.649. The number of para-hydroxylation sites is 1. The molecule has 0 N–H and O–H groups in total. The first-order chi connectivity index (χ1) is 10.7. The summed E-state index contributed by atoms with van der Waals surface area (Å²) in [5.41, 5.74) is 3.76. The van der Waals surface area contributed by atoms with Gasteiger partial charge < -0.3 is 0 Å². The van der Waals surface area contributed by atoms with Crippen molar-refractivity contribution in [3.8, 4) is 0 Å². The Kier molecular flexibility index (Phi) is 3.08. The Morgan fingerprint density at radius 2 is 1.86 bits per heavy atom. The molecule has 2 aromatic carbocycles. The van der Waals surface area contributed by atoms with Gasteiger partial charge in [0, 0.05) is 5.75 Å². The largest absolute Gasteiger partial charge is 0.282 e. The molecule has 0 aliphatic carbocycles. The first kappa shape index (κ1) is 13.3. The van der Waals surface area contributed by atoms with E-state index >= 15 is 0 Å². The topological polar surface area (TPSA) is 47.2 Å². The van der Waals surface area contributed by atoms with Crippen molar-refractivity contribution in [2.45, 2.75) is 12.1 Å². The Hall–Kier alpha value is -2.40. The fraction of sp³-hybridized carbons (Fsp3) is 0.118. The number of hydrogen-bond donors (Lipinski definition) is 0. The Bertz CT molecular complexity index is 958. The minimum absolute atomic E-state index is 0.114. The van der Waals surface area contributed by atoms with Crippen molar-refractivity contribution in [2.24, 2.45) is 5.10 Å². The standard InChI is InChI=1S/C17H13N3OS/c1-11-6-8-12(9-7-11)15-10-22-17-18-14-5-3-2-4-13(14)16(21)20(17)19-15/h2-9H,10H2,1H3. The van der Waals surface area contributed by atoms with Crippen LogP contribution in [0.25, 0.3) is 10.9 Å². The van der Waals surface area contributed by atoms with Crippen molar-refractivity contribution in [3.05, 3.63) is 70.0 Å². The Morgan fingerprint density at radius 1 is 1.09 bits per heavy atom. The van der Waals surface area contributed by atoms with Crippen LogP contribution in [0.2, 0.25) is 0 Å². The second-order valence-electron chi connectivity index (χ2n) is 5.23. The van der Waals surface area contributed by atoms with E-state index in [9.17, 15) is 4.79 Å². The third kappa shape index (κ3) is 2.14. The molecule has 0 unspecified atom stereocenters. The van der Waals surface area contributed by atoms with Crippen LogP contribution in [0.15, 0.2) is 63.6 Å². The van der Waals surface area contributed by atoms with Crippen LogP contribution in [-0.4, -0.2) is 21.1 Å². The van der Waals surface area contributed by atoms with Crippen molar-refractivity contribution in [1.29, 1.82) is 0 Å². The summed E-state index contributed by atoms with van der Waals surface area (Å²) in [6.45, 7) is 2.05. The van der Waals surface area contributed by atoms with Gasteiger partial charge in [-0.25, -0.2) is 4.98 Å². The predicted molar refractivity (Wildman–Crippen MR) is 89.8 cm³/mol. The molecule has 0 saturated carbocycles. The van der Waals surface area contributed by atoms with Gasteiger partial charge in [0.05, 0.1) is 16.6 Å². The van der Waals surface area contributed by atoms with Crippen LogP contribution in [0.3, 0.4) is 0 Å². The number of benzene rings is 2. The number of nitrogens with zero attached hydrogens (tertiary/aromatic N) is 3. The van der Waals surface area contributed by atoms with Gasteiger partial charge in [0.15, 0.2) is 5.16 Å². The highest BCUT2D eigenvalue weighted by Gasteiger charge is 2.18. The summed E-state index contributed by atoms with van der Waals surface area (Å²) >= 11 is 1.55. The van der Waals surface area contributed by atoms with Crippen molar-refractivity contribution in [3.63, 3.8) is 0 Å². The number of aromatic nitrogens is 2. The van der Waals surface area contributed by atoms with E-state index in [1.165, 1.54) is 10.2 Å². The minimum Gasteiger partial charge on any atom is -0.267 e. The molecule has 22 heavy (non-hydrogen) atoms. The molecular formula is C17H13N3OS. The van der Waals surface area contributed by atoms with Crippen LogP contribution >= 0.6 is 11.8 Å². The maximum atomic E-state index is 12.6. The average Bonchev–Trinajstić information content (AvgIpc) is 2.56. The molecule has 2 heterocycles. The summed E-state index contributed by atoms with van der Waals surface area (Å²) in [5.74, 6) is 0.716. The van der Waals surface area contributed by atoms with Crippen molar-refractivity contribution < 1.29 is 0 Å². The second-order valence-corrected chi connectivity index (χ2v) is 6.17. The number of hydrogen-bond acceptors (Lipinski definition) is 4. The highest BCUT2D eigenvalue weighted by Crippen LogP contribution is 2.23. The molecule has 0 saturated heterocycles. The number of fused-ring (bicyclic) bond motifs is 2. The van der Waals surface area contributed by atoms with Gasteiger partial charge >= 0.3 is 0 Å². The van der Waals surface area contributed by atoms with Gasteiger partial charge in [-0.1, -0.05) is 53.7 Å². The molecule has 5 heteroatoms. The molecule has 0 amide bonds. The van der Waals surface area contributed by atoms with E-state index in [0.717, 1.165) is 16.8 Å². The van der Waals surface area contributed by atoms with Crippen LogP contribution in [0.1, 0.15) is 11.1 Å².